The van der Waals surface area contributed by atoms with Gasteiger partial charge >= 0.3 is 0 Å². The van der Waals surface area contributed by atoms with Gasteiger partial charge in [0.25, 0.3) is 0 Å². The number of para-hydroxylation sites is 1. The Balaban J connectivity index is 2.24. The van der Waals surface area contributed by atoms with Gasteiger partial charge in [0.2, 0.25) is 10.0 Å². The fourth-order valence-corrected chi connectivity index (χ4v) is 3.52. The second-order valence-electron chi connectivity index (χ2n) is 4.54. The van der Waals surface area contributed by atoms with Crippen LogP contribution in [0.2, 0.25) is 0 Å². The van der Waals surface area contributed by atoms with Crippen molar-refractivity contribution in [2.24, 2.45) is 0 Å². The summed E-state index contributed by atoms with van der Waals surface area (Å²) in [5.74, 6) is -0.153. The van der Waals surface area contributed by atoms with E-state index in [1.807, 2.05) is 19.1 Å². The predicted molar refractivity (Wildman–Crippen MR) is 86.0 cm³/mol. The lowest BCUT2D eigenvalue weighted by Crippen LogP contribution is -2.16. The van der Waals surface area contributed by atoms with Crippen molar-refractivity contribution in [2.45, 2.75) is 12.7 Å². The van der Waals surface area contributed by atoms with E-state index in [9.17, 15) is 8.42 Å². The lowest BCUT2D eigenvalue weighted by molar-refractivity contribution is 0.600. The number of hydrogen-bond donors (Lipinski definition) is 2. The van der Waals surface area contributed by atoms with E-state index < -0.39 is 10.0 Å². The number of hydrogen-bond acceptors (Lipinski definition) is 3. The molecule has 0 spiro atoms. The van der Waals surface area contributed by atoms with Crippen molar-refractivity contribution in [1.29, 1.82) is 0 Å². The third kappa shape index (κ3) is 3.74. The van der Waals surface area contributed by atoms with Crippen LogP contribution in [0.4, 0.5) is 11.4 Å². The van der Waals surface area contributed by atoms with Crippen molar-refractivity contribution < 1.29 is 8.42 Å². The zero-order valence-electron chi connectivity index (χ0n) is 10.9. The normalized spacial score (nSPS) is 11.3. The summed E-state index contributed by atoms with van der Waals surface area (Å²) in [5, 5.41) is 0. The number of nitrogens with one attached hydrogen (secondary N) is 1. The second kappa shape index (κ2) is 5.85. The van der Waals surface area contributed by atoms with Gasteiger partial charge in [0, 0.05) is 10.2 Å². The van der Waals surface area contributed by atoms with Crippen LogP contribution in [0.5, 0.6) is 0 Å². The molecule has 0 heterocycles. The molecule has 0 saturated carbocycles. The van der Waals surface area contributed by atoms with Gasteiger partial charge < -0.3 is 5.73 Å². The van der Waals surface area contributed by atoms with Crippen LogP contribution in [0.15, 0.2) is 46.9 Å². The molecule has 6 heteroatoms. The van der Waals surface area contributed by atoms with Crippen molar-refractivity contribution in [3.63, 3.8) is 0 Å². The summed E-state index contributed by atoms with van der Waals surface area (Å²) in [6.07, 6.45) is 0. The molecule has 0 aliphatic heterocycles. The smallest absolute Gasteiger partial charge is 0.237 e. The molecule has 106 valence electrons. The standard InChI is InChI=1S/C14H15BrN2O2S/c1-10-6-7-12(15)14(8-10)17-20(18,19)9-11-4-2-3-5-13(11)16/h2-8,17H,9,16H2,1H3. The Hall–Kier alpha value is -1.53. The van der Waals surface area contributed by atoms with Gasteiger partial charge in [0.15, 0.2) is 0 Å². The van der Waals surface area contributed by atoms with Gasteiger partial charge in [-0.25, -0.2) is 8.42 Å². The van der Waals surface area contributed by atoms with Crippen LogP contribution in [0, 0.1) is 6.92 Å². The van der Waals surface area contributed by atoms with Crippen molar-refractivity contribution in [2.75, 3.05) is 10.5 Å². The number of benzene rings is 2. The molecule has 2 rings (SSSR count). The van der Waals surface area contributed by atoms with E-state index in [4.69, 9.17) is 5.73 Å². The Bertz CT molecular complexity index is 730. The molecule has 2 aromatic rings. The van der Waals surface area contributed by atoms with E-state index in [-0.39, 0.29) is 5.75 Å². The Morgan fingerprint density at radius 2 is 1.90 bits per heavy atom. The monoisotopic (exact) mass is 354 g/mol. The number of sulfonamides is 1. The molecule has 0 aliphatic rings. The van der Waals surface area contributed by atoms with Gasteiger partial charge in [-0.1, -0.05) is 24.3 Å². The van der Waals surface area contributed by atoms with Crippen LogP contribution in [0.1, 0.15) is 11.1 Å². The fourth-order valence-electron chi connectivity index (χ4n) is 1.79. The molecule has 0 radical (unpaired) electrons. The molecule has 0 saturated heterocycles. The van der Waals surface area contributed by atoms with E-state index in [1.54, 1.807) is 30.3 Å². The Kier molecular flexibility index (Phi) is 4.35. The molecule has 0 aliphatic carbocycles. The Morgan fingerprint density at radius 1 is 1.20 bits per heavy atom. The van der Waals surface area contributed by atoms with E-state index in [0.29, 0.717) is 21.4 Å². The zero-order valence-corrected chi connectivity index (χ0v) is 13.3. The number of nitrogen functional groups attached to an aromatic ring is 1. The molecule has 0 unspecified atom stereocenters. The van der Waals surface area contributed by atoms with Gasteiger partial charge in [0.1, 0.15) is 0 Å². The largest absolute Gasteiger partial charge is 0.398 e. The molecule has 2 aromatic carbocycles. The quantitative estimate of drug-likeness (QED) is 0.827. The summed E-state index contributed by atoms with van der Waals surface area (Å²) < 4.78 is 27.7. The highest BCUT2D eigenvalue weighted by molar-refractivity contribution is 9.10. The average molecular weight is 355 g/mol. The molecular weight excluding hydrogens is 340 g/mol. The predicted octanol–water partition coefficient (Wildman–Crippen LogP) is 3.28. The van der Waals surface area contributed by atoms with Gasteiger partial charge in [-0.05, 0) is 52.2 Å². The number of rotatable bonds is 4. The highest BCUT2D eigenvalue weighted by Gasteiger charge is 2.15. The maximum atomic E-state index is 12.2. The summed E-state index contributed by atoms with van der Waals surface area (Å²) in [6, 6.07) is 12.4. The highest BCUT2D eigenvalue weighted by Crippen LogP contribution is 2.25. The van der Waals surface area contributed by atoms with E-state index in [0.717, 1.165) is 5.56 Å². The zero-order chi connectivity index (χ0) is 14.8. The lowest BCUT2D eigenvalue weighted by atomic mass is 10.2. The maximum absolute atomic E-state index is 12.2. The molecule has 0 aromatic heterocycles. The van der Waals surface area contributed by atoms with Crippen LogP contribution in [-0.4, -0.2) is 8.42 Å². The summed E-state index contributed by atoms with van der Waals surface area (Å²) in [5.41, 5.74) is 8.34. The second-order valence-corrected chi connectivity index (χ2v) is 7.12. The lowest BCUT2D eigenvalue weighted by Gasteiger charge is -2.11. The molecule has 4 nitrogen and oxygen atoms in total. The van der Waals surface area contributed by atoms with Crippen molar-refractivity contribution in [3.8, 4) is 0 Å². The Labute approximate surface area is 127 Å². The average Bonchev–Trinajstić information content (AvgIpc) is 2.36. The first-order valence-electron chi connectivity index (χ1n) is 5.97. The van der Waals surface area contributed by atoms with Crippen molar-refractivity contribution in [3.05, 3.63) is 58.1 Å². The maximum Gasteiger partial charge on any atom is 0.237 e. The summed E-state index contributed by atoms with van der Waals surface area (Å²) in [4.78, 5) is 0. The van der Waals surface area contributed by atoms with Crippen molar-refractivity contribution >= 4 is 37.3 Å². The van der Waals surface area contributed by atoms with Gasteiger partial charge in [-0.15, -0.1) is 0 Å². The minimum absolute atomic E-state index is 0.153. The molecule has 0 fully saturated rings. The highest BCUT2D eigenvalue weighted by atomic mass is 79.9. The summed E-state index contributed by atoms with van der Waals surface area (Å²) >= 11 is 3.33. The van der Waals surface area contributed by atoms with E-state index >= 15 is 0 Å². The molecule has 0 amide bonds. The minimum atomic E-state index is -3.51. The van der Waals surface area contributed by atoms with E-state index in [1.165, 1.54) is 0 Å². The number of halogens is 1. The summed E-state index contributed by atoms with van der Waals surface area (Å²) in [7, 11) is -3.51. The molecule has 0 atom stereocenters. The Morgan fingerprint density at radius 3 is 2.60 bits per heavy atom. The number of aryl methyl sites for hydroxylation is 1. The molecule has 3 N–H and O–H groups in total. The van der Waals surface area contributed by atoms with Gasteiger partial charge in [0.05, 0.1) is 11.4 Å². The molecular formula is C14H15BrN2O2S. The third-order valence-corrected chi connectivity index (χ3v) is 4.70. The van der Waals surface area contributed by atoms with Crippen LogP contribution in [-0.2, 0) is 15.8 Å². The molecule has 20 heavy (non-hydrogen) atoms. The molecule has 0 bridgehead atoms. The van der Waals surface area contributed by atoms with Crippen molar-refractivity contribution in [1.82, 2.24) is 0 Å². The van der Waals surface area contributed by atoms with Gasteiger partial charge in [-0.3, -0.25) is 4.72 Å². The summed E-state index contributed by atoms with van der Waals surface area (Å²) in [6.45, 7) is 1.90. The minimum Gasteiger partial charge on any atom is -0.398 e. The first-order chi connectivity index (χ1) is 9.37. The first-order valence-corrected chi connectivity index (χ1v) is 8.42. The van der Waals surface area contributed by atoms with E-state index in [2.05, 4.69) is 20.7 Å². The topological polar surface area (TPSA) is 72.2 Å². The van der Waals surface area contributed by atoms with Crippen LogP contribution in [0.25, 0.3) is 0 Å². The first kappa shape index (κ1) is 14.9. The fraction of sp³-hybridized carbons (Fsp3) is 0.143. The van der Waals surface area contributed by atoms with Crippen LogP contribution in [0.3, 0.4) is 0 Å². The van der Waals surface area contributed by atoms with Gasteiger partial charge in [-0.2, -0.15) is 0 Å². The third-order valence-electron chi connectivity index (χ3n) is 2.79. The SMILES string of the molecule is Cc1ccc(Br)c(NS(=O)(=O)Cc2ccccc2N)c1. The van der Waals surface area contributed by atoms with Crippen LogP contribution < -0.4 is 10.5 Å². The number of nitrogens with two attached hydrogens (primary N) is 1. The number of anilines is 2. The van der Waals surface area contributed by atoms with Crippen LogP contribution >= 0.6 is 15.9 Å².